The topological polar surface area (TPSA) is 0 Å². The van der Waals surface area contributed by atoms with Crippen molar-refractivity contribution in [3.05, 3.63) is 35.4 Å². The molecule has 13 heavy (non-hydrogen) atoms. The van der Waals surface area contributed by atoms with E-state index in [1.807, 2.05) is 0 Å². The first-order valence-corrected chi connectivity index (χ1v) is 5.52. The Morgan fingerprint density at radius 3 is 2.69 bits per heavy atom. The highest BCUT2D eigenvalue weighted by Gasteiger charge is 2.53. The van der Waals surface area contributed by atoms with Crippen LogP contribution < -0.4 is 0 Å². The summed E-state index contributed by atoms with van der Waals surface area (Å²) < 4.78 is 0. The molecular formula is C11H10Cl2. The third-order valence-electron chi connectivity index (χ3n) is 3.39. The van der Waals surface area contributed by atoms with Gasteiger partial charge in [-0.3, -0.25) is 0 Å². The van der Waals surface area contributed by atoms with Crippen molar-refractivity contribution in [2.24, 2.45) is 5.92 Å². The zero-order valence-electron chi connectivity index (χ0n) is 7.08. The van der Waals surface area contributed by atoms with Gasteiger partial charge in [0.15, 0.2) is 0 Å². The summed E-state index contributed by atoms with van der Waals surface area (Å²) in [6, 6.07) is 8.57. The summed E-state index contributed by atoms with van der Waals surface area (Å²) in [6.07, 6.45) is 1.12. The van der Waals surface area contributed by atoms with Crippen LogP contribution in [-0.2, 0) is 6.42 Å². The van der Waals surface area contributed by atoms with Gasteiger partial charge in [-0.2, -0.15) is 0 Å². The fraction of sp³-hybridized carbons (Fsp3) is 0.455. The Morgan fingerprint density at radius 2 is 1.85 bits per heavy atom. The molecule has 0 bridgehead atoms. The molecular weight excluding hydrogens is 203 g/mol. The maximum Gasteiger partial charge on any atom is 0.0574 e. The van der Waals surface area contributed by atoms with E-state index in [1.54, 1.807) is 0 Å². The number of alkyl halides is 2. The Bertz CT molecular complexity index is 348. The minimum atomic E-state index is 0.148. The monoisotopic (exact) mass is 212 g/mol. The molecule has 3 rings (SSSR count). The van der Waals surface area contributed by atoms with Gasteiger partial charge in [-0.15, -0.1) is 23.2 Å². The molecule has 1 fully saturated rings. The van der Waals surface area contributed by atoms with Crippen LogP contribution in [0, 0.1) is 5.92 Å². The van der Waals surface area contributed by atoms with Gasteiger partial charge in [-0.25, -0.2) is 0 Å². The number of hydrogen-bond donors (Lipinski definition) is 0. The standard InChI is InChI=1S/C11H10Cl2/c12-10-8-5-6-3-1-2-4-7(6)9(8)11(10)13/h1-4,8-11H,5H2/t8-,9+,10-,11+/m0/s1. The van der Waals surface area contributed by atoms with Crippen LogP contribution >= 0.6 is 23.2 Å². The molecule has 2 aliphatic carbocycles. The third-order valence-corrected chi connectivity index (χ3v) is 4.65. The molecule has 1 aromatic carbocycles. The zero-order valence-corrected chi connectivity index (χ0v) is 8.59. The van der Waals surface area contributed by atoms with Crippen molar-refractivity contribution in [3.8, 4) is 0 Å². The molecule has 68 valence electrons. The van der Waals surface area contributed by atoms with Crippen molar-refractivity contribution in [3.63, 3.8) is 0 Å². The molecule has 0 aromatic heterocycles. The first-order chi connectivity index (χ1) is 6.29. The molecule has 0 radical (unpaired) electrons. The molecule has 4 atom stereocenters. The summed E-state index contributed by atoms with van der Waals surface area (Å²) in [7, 11) is 0. The predicted molar refractivity (Wildman–Crippen MR) is 55.7 cm³/mol. The Morgan fingerprint density at radius 1 is 1.08 bits per heavy atom. The number of halogens is 2. The predicted octanol–water partition coefficient (Wildman–Crippen LogP) is 3.17. The molecule has 0 N–H and O–H groups in total. The summed E-state index contributed by atoms with van der Waals surface area (Å²) in [6.45, 7) is 0. The minimum Gasteiger partial charge on any atom is -0.121 e. The van der Waals surface area contributed by atoms with Gasteiger partial charge in [-0.05, 0) is 23.5 Å². The van der Waals surface area contributed by atoms with Crippen LogP contribution in [0.1, 0.15) is 17.0 Å². The first kappa shape index (κ1) is 8.14. The Balaban J connectivity index is 2.05. The van der Waals surface area contributed by atoms with Crippen LogP contribution in [0.25, 0.3) is 0 Å². The number of benzene rings is 1. The molecule has 0 amide bonds. The van der Waals surface area contributed by atoms with Crippen molar-refractivity contribution in [2.45, 2.75) is 23.1 Å². The summed E-state index contributed by atoms with van der Waals surface area (Å²) in [5, 5.41) is 0.328. The van der Waals surface area contributed by atoms with E-state index in [2.05, 4.69) is 24.3 Å². The van der Waals surface area contributed by atoms with E-state index in [0.717, 1.165) is 6.42 Å². The quantitative estimate of drug-likeness (QED) is 0.580. The second-order valence-electron chi connectivity index (χ2n) is 3.98. The lowest BCUT2D eigenvalue weighted by atomic mass is 9.73. The largest absolute Gasteiger partial charge is 0.121 e. The average molecular weight is 213 g/mol. The number of rotatable bonds is 0. The zero-order chi connectivity index (χ0) is 9.00. The Hall–Kier alpha value is -0.200. The molecule has 2 aliphatic rings. The van der Waals surface area contributed by atoms with E-state index < -0.39 is 0 Å². The van der Waals surface area contributed by atoms with Crippen LogP contribution in [0.5, 0.6) is 0 Å². The summed E-state index contributed by atoms with van der Waals surface area (Å²) in [4.78, 5) is 0. The normalized spacial score (nSPS) is 40.8. The molecule has 0 aliphatic heterocycles. The van der Waals surface area contributed by atoms with Gasteiger partial charge < -0.3 is 0 Å². The van der Waals surface area contributed by atoms with Gasteiger partial charge in [-0.1, -0.05) is 24.3 Å². The van der Waals surface area contributed by atoms with Crippen molar-refractivity contribution >= 4 is 23.2 Å². The molecule has 1 saturated carbocycles. The van der Waals surface area contributed by atoms with E-state index in [-0.39, 0.29) is 10.8 Å². The summed E-state index contributed by atoms with van der Waals surface area (Å²) >= 11 is 12.4. The molecule has 0 spiro atoms. The van der Waals surface area contributed by atoms with E-state index >= 15 is 0 Å². The lowest BCUT2D eigenvalue weighted by molar-refractivity contribution is 0.298. The third kappa shape index (κ3) is 0.936. The minimum absolute atomic E-state index is 0.148. The van der Waals surface area contributed by atoms with Crippen LogP contribution in [0.4, 0.5) is 0 Å². The van der Waals surface area contributed by atoms with Crippen molar-refractivity contribution in [2.75, 3.05) is 0 Å². The molecule has 0 saturated heterocycles. The second kappa shape index (κ2) is 2.65. The van der Waals surface area contributed by atoms with Gasteiger partial charge in [0.2, 0.25) is 0 Å². The van der Waals surface area contributed by atoms with E-state index in [4.69, 9.17) is 23.2 Å². The van der Waals surface area contributed by atoms with Crippen molar-refractivity contribution in [1.29, 1.82) is 0 Å². The van der Waals surface area contributed by atoms with Crippen molar-refractivity contribution in [1.82, 2.24) is 0 Å². The molecule has 0 nitrogen and oxygen atoms in total. The summed E-state index contributed by atoms with van der Waals surface area (Å²) in [5.74, 6) is 1.13. The first-order valence-electron chi connectivity index (χ1n) is 4.65. The SMILES string of the molecule is Cl[C@@H]1[C@H](Cl)[C@@H]2c3ccccc3C[C@H]12. The average Bonchev–Trinajstić information content (AvgIpc) is 2.52. The highest BCUT2D eigenvalue weighted by atomic mass is 35.5. The molecule has 1 aromatic rings. The smallest absolute Gasteiger partial charge is 0.0574 e. The highest BCUT2D eigenvalue weighted by Crippen LogP contribution is 2.55. The molecule has 0 heterocycles. The van der Waals surface area contributed by atoms with E-state index in [9.17, 15) is 0 Å². The number of hydrogen-bond acceptors (Lipinski definition) is 0. The Kier molecular flexibility index (Phi) is 1.66. The van der Waals surface area contributed by atoms with E-state index in [0.29, 0.717) is 11.8 Å². The molecule has 2 heteroatoms. The van der Waals surface area contributed by atoms with Gasteiger partial charge in [0, 0.05) is 5.92 Å². The van der Waals surface area contributed by atoms with Gasteiger partial charge in [0.25, 0.3) is 0 Å². The maximum absolute atomic E-state index is 6.20. The van der Waals surface area contributed by atoms with E-state index in [1.165, 1.54) is 11.1 Å². The van der Waals surface area contributed by atoms with Gasteiger partial charge >= 0.3 is 0 Å². The fourth-order valence-electron chi connectivity index (χ4n) is 2.66. The second-order valence-corrected chi connectivity index (χ2v) is 4.99. The summed E-state index contributed by atoms with van der Waals surface area (Å²) in [5.41, 5.74) is 2.88. The lowest BCUT2D eigenvalue weighted by Gasteiger charge is -2.42. The maximum atomic E-state index is 6.20. The van der Waals surface area contributed by atoms with Gasteiger partial charge in [0.1, 0.15) is 0 Å². The van der Waals surface area contributed by atoms with Crippen LogP contribution in [0.3, 0.4) is 0 Å². The van der Waals surface area contributed by atoms with Crippen LogP contribution in [-0.4, -0.2) is 10.8 Å². The van der Waals surface area contributed by atoms with Crippen molar-refractivity contribution < 1.29 is 0 Å². The molecule has 0 unspecified atom stereocenters. The Labute approximate surface area is 87.9 Å². The van der Waals surface area contributed by atoms with Gasteiger partial charge in [0.05, 0.1) is 10.8 Å². The highest BCUT2D eigenvalue weighted by molar-refractivity contribution is 6.32. The lowest BCUT2D eigenvalue weighted by Crippen LogP contribution is -2.45. The van der Waals surface area contributed by atoms with Crippen LogP contribution in [0.15, 0.2) is 24.3 Å². The van der Waals surface area contributed by atoms with Crippen LogP contribution in [0.2, 0.25) is 0 Å². The fourth-order valence-corrected chi connectivity index (χ4v) is 3.58. The number of fused-ring (bicyclic) bond motifs is 3.